The topological polar surface area (TPSA) is 109 Å². The van der Waals surface area contributed by atoms with Crippen LogP contribution in [0.25, 0.3) is 10.8 Å². The SMILES string of the molecule is C=C(F)C(O)N1CCN(c2nc(OC[C@@H]3CCCN3C)nc3c2CCN(c2cccc4cccc(Cl)c24)P3(C)=O)C[C@@H]1CC#N. The van der Waals surface area contributed by atoms with Gasteiger partial charge in [-0.3, -0.25) is 9.46 Å². The van der Waals surface area contributed by atoms with E-state index in [2.05, 4.69) is 24.6 Å². The number of benzene rings is 2. The van der Waals surface area contributed by atoms with E-state index in [0.29, 0.717) is 48.9 Å². The van der Waals surface area contributed by atoms with E-state index < -0.39 is 25.4 Å². The summed E-state index contributed by atoms with van der Waals surface area (Å²) in [6.07, 6.45) is 1.20. The van der Waals surface area contributed by atoms with Crippen molar-refractivity contribution in [2.45, 2.75) is 44.0 Å². The predicted molar refractivity (Wildman–Crippen MR) is 176 cm³/mol. The number of fused-ring (bicyclic) bond motifs is 2. The van der Waals surface area contributed by atoms with Gasteiger partial charge in [0.1, 0.15) is 23.7 Å². The van der Waals surface area contributed by atoms with Gasteiger partial charge in [-0.15, -0.1) is 0 Å². The van der Waals surface area contributed by atoms with E-state index >= 15 is 4.57 Å². The first-order chi connectivity index (χ1) is 21.6. The summed E-state index contributed by atoms with van der Waals surface area (Å²) in [7, 11) is -1.25. The summed E-state index contributed by atoms with van der Waals surface area (Å²) in [5.74, 6) is -0.262. The summed E-state index contributed by atoms with van der Waals surface area (Å²) >= 11 is 6.69. The van der Waals surface area contributed by atoms with Crippen molar-refractivity contribution in [1.82, 2.24) is 19.8 Å². The minimum atomic E-state index is -3.33. The Morgan fingerprint density at radius 1 is 1.22 bits per heavy atom. The molecule has 4 atom stereocenters. The van der Waals surface area contributed by atoms with E-state index in [0.717, 1.165) is 41.4 Å². The van der Waals surface area contributed by atoms with Crippen LogP contribution in [0.15, 0.2) is 48.8 Å². The summed E-state index contributed by atoms with van der Waals surface area (Å²) in [5.41, 5.74) is 2.00. The third-order valence-corrected chi connectivity index (χ3v) is 12.1. The van der Waals surface area contributed by atoms with Gasteiger partial charge in [0.25, 0.3) is 0 Å². The van der Waals surface area contributed by atoms with Crippen LogP contribution in [-0.2, 0) is 11.0 Å². The van der Waals surface area contributed by atoms with Crippen molar-refractivity contribution in [3.05, 3.63) is 59.4 Å². The lowest BCUT2D eigenvalue weighted by Gasteiger charge is -2.44. The molecule has 0 saturated carbocycles. The van der Waals surface area contributed by atoms with Gasteiger partial charge in [0, 0.05) is 55.9 Å². The van der Waals surface area contributed by atoms with Gasteiger partial charge in [-0.1, -0.05) is 42.4 Å². The van der Waals surface area contributed by atoms with Crippen LogP contribution < -0.4 is 19.7 Å². The normalized spacial score (nSPS) is 24.8. The Hall–Kier alpha value is -3.26. The van der Waals surface area contributed by atoms with Gasteiger partial charge in [0.2, 0.25) is 7.29 Å². The fourth-order valence-corrected chi connectivity index (χ4v) is 9.44. The zero-order valence-electron chi connectivity index (χ0n) is 25.6. The fraction of sp³-hybridized carbons (Fsp3) is 0.469. The van der Waals surface area contributed by atoms with Crippen molar-refractivity contribution in [3.8, 4) is 12.1 Å². The highest BCUT2D eigenvalue weighted by Gasteiger charge is 2.41. The first-order valence-corrected chi connectivity index (χ1v) is 17.8. The van der Waals surface area contributed by atoms with Crippen molar-refractivity contribution in [2.24, 2.45) is 0 Å². The smallest absolute Gasteiger partial charge is 0.319 e. The van der Waals surface area contributed by atoms with Crippen LogP contribution in [0.2, 0.25) is 5.02 Å². The minimum absolute atomic E-state index is 0.0768. The van der Waals surface area contributed by atoms with E-state index in [9.17, 15) is 14.8 Å². The lowest BCUT2D eigenvalue weighted by Crippen LogP contribution is -2.57. The van der Waals surface area contributed by atoms with Crippen molar-refractivity contribution in [1.29, 1.82) is 5.26 Å². The molecular weight excluding hydrogens is 616 g/mol. The third kappa shape index (κ3) is 6.02. The number of nitriles is 1. The van der Waals surface area contributed by atoms with E-state index in [1.165, 1.54) is 0 Å². The Kier molecular flexibility index (Phi) is 9.06. The Bertz CT molecular complexity index is 1700. The quantitative estimate of drug-likeness (QED) is 0.348. The maximum absolute atomic E-state index is 15.0. The number of aliphatic hydroxyl groups is 1. The lowest BCUT2D eigenvalue weighted by molar-refractivity contribution is -0.0167. The molecule has 3 aliphatic rings. The van der Waals surface area contributed by atoms with Crippen LogP contribution in [0.5, 0.6) is 6.01 Å². The molecule has 2 fully saturated rings. The number of nitrogens with zero attached hydrogens (tertiary/aromatic N) is 7. The molecule has 3 aliphatic heterocycles. The van der Waals surface area contributed by atoms with Gasteiger partial charge in [-0.05, 0) is 50.4 Å². The zero-order valence-corrected chi connectivity index (χ0v) is 27.2. The summed E-state index contributed by atoms with van der Waals surface area (Å²) < 4.78 is 37.1. The Morgan fingerprint density at radius 3 is 2.71 bits per heavy atom. The number of hydrogen-bond acceptors (Lipinski definition) is 9. The molecule has 0 radical (unpaired) electrons. The van der Waals surface area contributed by atoms with Gasteiger partial charge in [-0.2, -0.15) is 15.2 Å². The molecule has 10 nitrogen and oxygen atoms in total. The number of likely N-dealkylation sites (N-methyl/N-ethyl adjacent to an activating group) is 1. The molecule has 13 heteroatoms. The molecule has 2 aromatic carbocycles. The largest absolute Gasteiger partial charge is 0.462 e. The highest BCUT2D eigenvalue weighted by Crippen LogP contribution is 2.53. The van der Waals surface area contributed by atoms with Gasteiger partial charge < -0.3 is 24.3 Å². The number of rotatable bonds is 8. The molecule has 0 aliphatic carbocycles. The molecule has 0 amide bonds. The Balaban J connectivity index is 1.41. The number of likely N-dealkylation sites (tertiary alicyclic amines) is 1. The van der Waals surface area contributed by atoms with E-state index in [4.69, 9.17) is 26.3 Å². The average Bonchev–Trinajstić information content (AvgIpc) is 3.44. The van der Waals surface area contributed by atoms with E-state index in [1.807, 2.05) is 46.0 Å². The minimum Gasteiger partial charge on any atom is -0.462 e. The number of ether oxygens (including phenoxy) is 1. The second-order valence-corrected chi connectivity index (χ2v) is 15.2. The standard InChI is InChI=1S/C32H38ClFN7O3P/c1-21(34)31(42)40-18-17-39(19-23(40)12-14-35)29-25-13-16-41(27-11-5-8-22-7-4-10-26(33)28(22)27)45(3,43)30(25)37-32(36-29)44-20-24-9-6-15-38(24)2/h4-5,7-8,10-11,23-24,31,42H,1,6,9,12-13,15-20H2,2-3H3/t23-,24-,31?,45?/m0/s1. The molecule has 6 rings (SSSR count). The molecule has 0 spiro atoms. The molecule has 3 aromatic rings. The van der Waals surface area contributed by atoms with Crippen molar-refractivity contribution < 1.29 is 18.8 Å². The molecule has 238 valence electrons. The molecule has 2 saturated heterocycles. The summed E-state index contributed by atoms with van der Waals surface area (Å²) in [5, 5.41) is 22.4. The monoisotopic (exact) mass is 653 g/mol. The van der Waals surface area contributed by atoms with Gasteiger partial charge in [0.15, 0.2) is 6.23 Å². The van der Waals surface area contributed by atoms with Crippen LogP contribution in [0, 0.1) is 11.3 Å². The Labute approximate surface area is 268 Å². The number of hydrogen-bond donors (Lipinski definition) is 1. The van der Waals surface area contributed by atoms with Crippen molar-refractivity contribution >= 4 is 46.6 Å². The molecule has 4 heterocycles. The average molecular weight is 654 g/mol. The first kappa shape index (κ1) is 31.7. The predicted octanol–water partition coefficient (Wildman–Crippen LogP) is 4.56. The zero-order chi connectivity index (χ0) is 31.9. The summed E-state index contributed by atoms with van der Waals surface area (Å²) in [6, 6.07) is 13.7. The molecule has 2 unspecified atom stereocenters. The second kappa shape index (κ2) is 12.9. The number of aromatic nitrogens is 2. The van der Waals surface area contributed by atoms with Crippen LogP contribution >= 0.6 is 18.9 Å². The molecule has 45 heavy (non-hydrogen) atoms. The van der Waals surface area contributed by atoms with Crippen molar-refractivity contribution in [3.63, 3.8) is 0 Å². The van der Waals surface area contributed by atoms with Gasteiger partial charge >= 0.3 is 6.01 Å². The van der Waals surface area contributed by atoms with Crippen molar-refractivity contribution in [2.75, 3.05) is 62.6 Å². The van der Waals surface area contributed by atoms with Crippen LogP contribution in [0.4, 0.5) is 15.9 Å². The van der Waals surface area contributed by atoms with Gasteiger partial charge in [0.05, 0.1) is 23.2 Å². The first-order valence-electron chi connectivity index (χ1n) is 15.3. The number of halogens is 2. The highest BCUT2D eigenvalue weighted by atomic mass is 35.5. The molecular formula is C32H38ClFN7O3P. The van der Waals surface area contributed by atoms with E-state index in [-0.39, 0.29) is 25.0 Å². The number of aliphatic hydroxyl groups excluding tert-OH is 1. The van der Waals surface area contributed by atoms with Crippen LogP contribution in [0.3, 0.4) is 0 Å². The molecule has 1 aromatic heterocycles. The fourth-order valence-electron chi connectivity index (χ4n) is 6.89. The highest BCUT2D eigenvalue weighted by molar-refractivity contribution is 7.72. The maximum Gasteiger partial charge on any atom is 0.319 e. The summed E-state index contributed by atoms with van der Waals surface area (Å²) in [4.78, 5) is 15.5. The number of piperazine rings is 1. The van der Waals surface area contributed by atoms with Gasteiger partial charge in [-0.25, -0.2) is 4.39 Å². The maximum atomic E-state index is 15.0. The third-order valence-electron chi connectivity index (χ3n) is 9.31. The molecule has 0 bridgehead atoms. The number of anilines is 2. The Morgan fingerprint density at radius 2 is 2.00 bits per heavy atom. The van der Waals surface area contributed by atoms with E-state index in [1.54, 1.807) is 11.6 Å². The second-order valence-electron chi connectivity index (χ2n) is 12.1. The lowest BCUT2D eigenvalue weighted by atomic mass is 10.1. The van der Waals surface area contributed by atoms with Crippen LogP contribution in [0.1, 0.15) is 24.8 Å². The van der Waals surface area contributed by atoms with Crippen LogP contribution in [-0.4, -0.2) is 96.2 Å². The summed E-state index contributed by atoms with van der Waals surface area (Å²) in [6.45, 7) is 7.84. The molecule has 1 N–H and O–H groups in total.